The van der Waals surface area contributed by atoms with Gasteiger partial charge in [-0.1, -0.05) is 109 Å². The molecular weight excluding hydrogens is 548 g/mol. The van der Waals surface area contributed by atoms with E-state index in [1.54, 1.807) is 0 Å². The van der Waals surface area contributed by atoms with E-state index in [9.17, 15) is 0 Å². The highest BCUT2D eigenvalue weighted by Crippen LogP contribution is 2.38. The molecule has 4 aromatic heterocycles. The summed E-state index contributed by atoms with van der Waals surface area (Å²) in [6, 6.07) is 50.7. The van der Waals surface area contributed by atoms with Gasteiger partial charge in [-0.05, 0) is 52.9 Å². The lowest BCUT2D eigenvalue weighted by molar-refractivity contribution is 1.19. The molecule has 0 bridgehead atoms. The van der Waals surface area contributed by atoms with Gasteiger partial charge in [0.1, 0.15) is 5.65 Å². The molecular formula is C41H26N4. The molecule has 0 saturated carbocycles. The van der Waals surface area contributed by atoms with Gasteiger partial charge in [0, 0.05) is 45.2 Å². The van der Waals surface area contributed by atoms with Crippen molar-refractivity contribution in [3.8, 4) is 44.9 Å². The molecule has 0 saturated heterocycles. The van der Waals surface area contributed by atoms with E-state index >= 15 is 0 Å². The molecule has 0 amide bonds. The van der Waals surface area contributed by atoms with E-state index in [-0.39, 0.29) is 0 Å². The van der Waals surface area contributed by atoms with Crippen LogP contribution in [0.25, 0.3) is 83.1 Å². The Labute approximate surface area is 259 Å². The molecule has 0 aliphatic heterocycles. The van der Waals surface area contributed by atoms with E-state index < -0.39 is 0 Å². The molecule has 0 unspecified atom stereocenters. The van der Waals surface area contributed by atoms with E-state index in [1.807, 2.05) is 30.3 Å². The van der Waals surface area contributed by atoms with Crippen LogP contribution in [0.4, 0.5) is 0 Å². The van der Waals surface area contributed by atoms with Crippen molar-refractivity contribution in [2.45, 2.75) is 0 Å². The maximum Gasteiger partial charge on any atom is 0.138 e. The molecule has 5 aromatic carbocycles. The van der Waals surface area contributed by atoms with Crippen molar-refractivity contribution < 1.29 is 0 Å². The number of hydrogen-bond acceptors (Lipinski definition) is 3. The lowest BCUT2D eigenvalue weighted by Gasteiger charge is -2.14. The molecule has 0 aliphatic carbocycles. The number of imidazole rings is 1. The van der Waals surface area contributed by atoms with Crippen LogP contribution in [-0.2, 0) is 0 Å². The van der Waals surface area contributed by atoms with Crippen molar-refractivity contribution in [2.24, 2.45) is 0 Å². The number of rotatable bonds is 4. The second-order valence-electron chi connectivity index (χ2n) is 11.3. The van der Waals surface area contributed by atoms with Gasteiger partial charge in [0.2, 0.25) is 0 Å². The summed E-state index contributed by atoms with van der Waals surface area (Å²) >= 11 is 0. The molecule has 4 nitrogen and oxygen atoms in total. The molecule has 0 N–H and O–H groups in total. The van der Waals surface area contributed by atoms with Crippen LogP contribution in [0.1, 0.15) is 0 Å². The van der Waals surface area contributed by atoms with Gasteiger partial charge in [0.05, 0.1) is 28.1 Å². The number of pyridine rings is 3. The SMILES string of the molecule is c1ccc(-c2ccc3c(ccc4c5ccc(-c6ccn7cc(-c8ccccc8)nc7c6)cc5nc(-c5ccccc5)c34)n2)cc1. The van der Waals surface area contributed by atoms with E-state index in [1.165, 1.54) is 5.39 Å². The summed E-state index contributed by atoms with van der Waals surface area (Å²) < 4.78 is 2.08. The van der Waals surface area contributed by atoms with E-state index in [0.717, 1.165) is 77.7 Å². The Morgan fingerprint density at radius 1 is 0.400 bits per heavy atom. The fraction of sp³-hybridized carbons (Fsp3) is 0. The predicted molar refractivity (Wildman–Crippen MR) is 185 cm³/mol. The summed E-state index contributed by atoms with van der Waals surface area (Å²) in [5.74, 6) is 0. The third-order valence-electron chi connectivity index (χ3n) is 8.61. The van der Waals surface area contributed by atoms with Crippen LogP contribution in [-0.4, -0.2) is 19.4 Å². The second kappa shape index (κ2) is 10.2. The second-order valence-corrected chi connectivity index (χ2v) is 11.3. The van der Waals surface area contributed by atoms with Gasteiger partial charge in [0.25, 0.3) is 0 Å². The minimum atomic E-state index is 0.914. The standard InChI is InChI=1S/C41H26N4/c1-4-10-27(11-5-1)35-20-19-34-36(42-35)21-18-33-32-17-16-30(24-37(32)44-41(40(33)34)29-14-8-3-9-15-29)31-22-23-45-26-38(43-39(45)25-31)28-12-6-2-7-13-28/h1-26H. The summed E-state index contributed by atoms with van der Waals surface area (Å²) in [7, 11) is 0. The van der Waals surface area contributed by atoms with Crippen molar-refractivity contribution >= 4 is 38.2 Å². The zero-order valence-corrected chi connectivity index (χ0v) is 24.3. The molecule has 0 spiro atoms. The Morgan fingerprint density at radius 3 is 1.80 bits per heavy atom. The van der Waals surface area contributed by atoms with Crippen LogP contribution in [0, 0.1) is 0 Å². The summed E-state index contributed by atoms with van der Waals surface area (Å²) in [5, 5.41) is 4.51. The number of fused-ring (bicyclic) bond motifs is 6. The average molecular weight is 575 g/mol. The molecule has 9 aromatic rings. The quantitative estimate of drug-likeness (QED) is 0.196. The van der Waals surface area contributed by atoms with E-state index in [4.69, 9.17) is 15.0 Å². The van der Waals surface area contributed by atoms with Gasteiger partial charge in [0.15, 0.2) is 0 Å². The average Bonchev–Trinajstić information content (AvgIpc) is 3.55. The van der Waals surface area contributed by atoms with Gasteiger partial charge in [-0.15, -0.1) is 0 Å². The monoisotopic (exact) mass is 574 g/mol. The predicted octanol–water partition coefficient (Wildman–Crippen LogP) is 10.3. The van der Waals surface area contributed by atoms with Crippen molar-refractivity contribution in [1.29, 1.82) is 0 Å². The lowest BCUT2D eigenvalue weighted by atomic mass is 9.95. The maximum absolute atomic E-state index is 5.35. The fourth-order valence-electron chi connectivity index (χ4n) is 6.38. The van der Waals surface area contributed by atoms with Crippen molar-refractivity contribution in [1.82, 2.24) is 19.4 Å². The van der Waals surface area contributed by atoms with E-state index in [2.05, 4.69) is 132 Å². The van der Waals surface area contributed by atoms with Crippen LogP contribution in [0.2, 0.25) is 0 Å². The molecule has 210 valence electrons. The number of aromatic nitrogens is 4. The van der Waals surface area contributed by atoms with Crippen LogP contribution in [0.3, 0.4) is 0 Å². The molecule has 4 heteroatoms. The van der Waals surface area contributed by atoms with Gasteiger partial charge in [-0.3, -0.25) is 0 Å². The van der Waals surface area contributed by atoms with Gasteiger partial charge >= 0.3 is 0 Å². The summed E-state index contributed by atoms with van der Waals surface area (Å²) in [5.41, 5.74) is 11.2. The first-order chi connectivity index (χ1) is 22.3. The highest BCUT2D eigenvalue weighted by Gasteiger charge is 2.16. The van der Waals surface area contributed by atoms with Gasteiger partial charge in [-0.2, -0.15) is 0 Å². The van der Waals surface area contributed by atoms with Crippen LogP contribution in [0.15, 0.2) is 158 Å². The molecule has 0 aliphatic rings. The summed E-state index contributed by atoms with van der Waals surface area (Å²) in [4.78, 5) is 15.3. The molecule has 4 heterocycles. The highest BCUT2D eigenvalue weighted by atomic mass is 15.0. The minimum absolute atomic E-state index is 0.914. The minimum Gasteiger partial charge on any atom is -0.306 e. The largest absolute Gasteiger partial charge is 0.306 e. The molecule has 0 atom stereocenters. The van der Waals surface area contributed by atoms with Crippen LogP contribution < -0.4 is 0 Å². The zero-order chi connectivity index (χ0) is 29.7. The third-order valence-corrected chi connectivity index (χ3v) is 8.61. The first-order valence-corrected chi connectivity index (χ1v) is 15.1. The van der Waals surface area contributed by atoms with E-state index in [0.29, 0.717) is 0 Å². The third kappa shape index (κ3) is 4.35. The molecule has 0 fully saturated rings. The normalized spacial score (nSPS) is 11.6. The van der Waals surface area contributed by atoms with Crippen LogP contribution >= 0.6 is 0 Å². The molecule has 45 heavy (non-hydrogen) atoms. The van der Waals surface area contributed by atoms with Gasteiger partial charge in [-0.25, -0.2) is 15.0 Å². The number of nitrogens with zero attached hydrogens (tertiary/aromatic N) is 4. The Kier molecular flexibility index (Phi) is 5.78. The number of hydrogen-bond donors (Lipinski definition) is 0. The Morgan fingerprint density at radius 2 is 1.04 bits per heavy atom. The smallest absolute Gasteiger partial charge is 0.138 e. The summed E-state index contributed by atoms with van der Waals surface area (Å²) in [6.07, 6.45) is 4.16. The van der Waals surface area contributed by atoms with Crippen LogP contribution in [0.5, 0.6) is 0 Å². The number of benzene rings is 5. The Bertz CT molecular complexity index is 2520. The Hall–Kier alpha value is -6.13. The molecule has 9 rings (SSSR count). The highest BCUT2D eigenvalue weighted by molar-refractivity contribution is 6.21. The van der Waals surface area contributed by atoms with Gasteiger partial charge < -0.3 is 4.40 Å². The fourth-order valence-corrected chi connectivity index (χ4v) is 6.38. The van der Waals surface area contributed by atoms with Crippen molar-refractivity contribution in [3.05, 3.63) is 158 Å². The Balaban J connectivity index is 1.22. The topological polar surface area (TPSA) is 43.1 Å². The lowest BCUT2D eigenvalue weighted by Crippen LogP contribution is -1.93. The van der Waals surface area contributed by atoms with Crippen molar-refractivity contribution in [2.75, 3.05) is 0 Å². The maximum atomic E-state index is 5.35. The first kappa shape index (κ1) is 25.4. The zero-order valence-electron chi connectivity index (χ0n) is 24.3. The summed E-state index contributed by atoms with van der Waals surface area (Å²) in [6.45, 7) is 0. The van der Waals surface area contributed by atoms with Crippen molar-refractivity contribution in [3.63, 3.8) is 0 Å². The molecule has 0 radical (unpaired) electrons. The first-order valence-electron chi connectivity index (χ1n) is 15.1.